The second kappa shape index (κ2) is 12.5. The summed E-state index contributed by atoms with van der Waals surface area (Å²) < 4.78 is 62.9. The van der Waals surface area contributed by atoms with E-state index in [2.05, 4.69) is 15.6 Å². The Morgan fingerprint density at radius 2 is 1.89 bits per heavy atom. The lowest BCUT2D eigenvalue weighted by Gasteiger charge is -2.16. The molecule has 0 aliphatic heterocycles. The van der Waals surface area contributed by atoms with Crippen LogP contribution >= 0.6 is 24.0 Å². The van der Waals surface area contributed by atoms with Gasteiger partial charge in [0.05, 0.1) is 17.9 Å². The molecule has 2 N–H and O–H groups in total. The van der Waals surface area contributed by atoms with Gasteiger partial charge < -0.3 is 10.6 Å². The van der Waals surface area contributed by atoms with Crippen LogP contribution < -0.4 is 10.6 Å². The topological polar surface area (TPSA) is 73.8 Å². The predicted molar refractivity (Wildman–Crippen MR) is 116 cm³/mol. The number of nitrogens with zero attached hydrogens (tertiary/aromatic N) is 2. The summed E-state index contributed by atoms with van der Waals surface area (Å²) in [5.41, 5.74) is -0.246. The molecule has 0 heterocycles. The molecule has 0 spiro atoms. The van der Waals surface area contributed by atoms with Crippen LogP contribution in [0.2, 0.25) is 0 Å². The van der Waals surface area contributed by atoms with E-state index in [0.717, 1.165) is 12.1 Å². The Bertz CT molecular complexity index is 727. The van der Waals surface area contributed by atoms with Crippen molar-refractivity contribution in [3.8, 4) is 0 Å². The van der Waals surface area contributed by atoms with Gasteiger partial charge in [-0.3, -0.25) is 0 Å². The molecule has 0 atom stereocenters. The largest absolute Gasteiger partial charge is 0.416 e. The second-order valence-corrected chi connectivity index (χ2v) is 8.26. The van der Waals surface area contributed by atoms with E-state index >= 15 is 0 Å². The van der Waals surface area contributed by atoms with Crippen LogP contribution in [0.25, 0.3) is 0 Å². The summed E-state index contributed by atoms with van der Waals surface area (Å²) >= 11 is 0. The quantitative estimate of drug-likeness (QED) is 0.220. The summed E-state index contributed by atoms with van der Waals surface area (Å²) in [6.45, 7) is 5.02. The smallest absolute Gasteiger partial charge is 0.357 e. The van der Waals surface area contributed by atoms with Crippen molar-refractivity contribution >= 4 is 40.0 Å². The van der Waals surface area contributed by atoms with E-state index in [1.165, 1.54) is 17.4 Å². The Kier molecular flexibility index (Phi) is 12.0. The molecule has 1 aromatic rings. The van der Waals surface area contributed by atoms with Crippen LogP contribution in [0, 0.1) is 0 Å². The SMILES string of the molecule is CCNC(=NCc1cccc(C(F)(F)F)c1)NCCCN(C)S(=O)(=O)CC.I. The normalized spacial score (nSPS) is 12.6. The summed E-state index contributed by atoms with van der Waals surface area (Å²) in [7, 11) is -1.67. The van der Waals surface area contributed by atoms with Crippen LogP contribution in [0.3, 0.4) is 0 Å². The lowest BCUT2D eigenvalue weighted by molar-refractivity contribution is -0.137. The van der Waals surface area contributed by atoms with E-state index in [0.29, 0.717) is 37.6 Å². The number of halogens is 4. The summed E-state index contributed by atoms with van der Waals surface area (Å²) in [6.07, 6.45) is -3.81. The maximum absolute atomic E-state index is 12.8. The van der Waals surface area contributed by atoms with Crippen LogP contribution in [0.5, 0.6) is 0 Å². The number of nitrogens with one attached hydrogen (secondary N) is 2. The first-order valence-electron chi connectivity index (χ1n) is 8.72. The molecule has 0 saturated heterocycles. The van der Waals surface area contributed by atoms with Gasteiger partial charge in [-0.1, -0.05) is 12.1 Å². The van der Waals surface area contributed by atoms with E-state index in [1.807, 2.05) is 6.92 Å². The highest BCUT2D eigenvalue weighted by molar-refractivity contribution is 14.0. The third kappa shape index (κ3) is 9.41. The number of benzene rings is 1. The van der Waals surface area contributed by atoms with E-state index in [1.54, 1.807) is 13.0 Å². The number of alkyl halides is 3. The van der Waals surface area contributed by atoms with Gasteiger partial charge in [0, 0.05) is 26.7 Å². The zero-order chi connectivity index (χ0) is 20.5. The monoisotopic (exact) mass is 536 g/mol. The molecule has 162 valence electrons. The third-order valence-electron chi connectivity index (χ3n) is 3.80. The van der Waals surface area contributed by atoms with Crippen LogP contribution in [0.15, 0.2) is 29.3 Å². The zero-order valence-corrected chi connectivity index (χ0v) is 19.4. The molecular weight excluding hydrogens is 508 g/mol. The summed E-state index contributed by atoms with van der Waals surface area (Å²) in [6, 6.07) is 5.06. The Labute approximate surface area is 182 Å². The molecule has 1 aromatic carbocycles. The molecule has 11 heteroatoms. The maximum atomic E-state index is 12.8. The van der Waals surface area contributed by atoms with Gasteiger partial charge in [-0.25, -0.2) is 17.7 Å². The molecule has 0 saturated carbocycles. The van der Waals surface area contributed by atoms with Crippen molar-refractivity contribution in [3.05, 3.63) is 35.4 Å². The molecular formula is C17H28F3IN4O2S. The molecule has 6 nitrogen and oxygen atoms in total. The second-order valence-electron chi connectivity index (χ2n) is 5.90. The number of hydrogen-bond donors (Lipinski definition) is 2. The van der Waals surface area contributed by atoms with E-state index in [-0.39, 0.29) is 36.3 Å². The minimum atomic E-state index is -4.38. The Hall–Kier alpha value is -1.08. The molecule has 0 bridgehead atoms. The van der Waals surface area contributed by atoms with Crippen molar-refractivity contribution in [1.29, 1.82) is 0 Å². The summed E-state index contributed by atoms with van der Waals surface area (Å²) in [5, 5.41) is 6.07. The number of sulfonamides is 1. The average Bonchev–Trinajstić information content (AvgIpc) is 2.62. The molecule has 0 amide bonds. The Balaban J connectivity index is 0.00000729. The van der Waals surface area contributed by atoms with Crippen molar-refractivity contribution in [2.24, 2.45) is 4.99 Å². The standard InChI is InChI=1S/C17H27F3N4O2S.HI/c1-4-21-16(22-10-7-11-24(3)27(25,26)5-2)23-13-14-8-6-9-15(12-14)17(18,19)20;/h6,8-9,12H,4-5,7,10-11,13H2,1-3H3,(H2,21,22,23);1H. The molecule has 0 aliphatic carbocycles. The van der Waals surface area contributed by atoms with Crippen molar-refractivity contribution in [2.75, 3.05) is 32.4 Å². The molecule has 0 fully saturated rings. The fourth-order valence-corrected chi connectivity index (χ4v) is 3.07. The molecule has 0 aliphatic rings. The minimum absolute atomic E-state index is 0. The Morgan fingerprint density at radius 3 is 2.46 bits per heavy atom. The molecule has 0 aromatic heterocycles. The van der Waals surface area contributed by atoms with Gasteiger partial charge in [-0.15, -0.1) is 24.0 Å². The highest BCUT2D eigenvalue weighted by atomic mass is 127. The minimum Gasteiger partial charge on any atom is -0.357 e. The van der Waals surface area contributed by atoms with Crippen molar-refractivity contribution < 1.29 is 21.6 Å². The first-order valence-corrected chi connectivity index (χ1v) is 10.3. The lowest BCUT2D eigenvalue weighted by Crippen LogP contribution is -2.39. The highest BCUT2D eigenvalue weighted by Crippen LogP contribution is 2.29. The Morgan fingerprint density at radius 1 is 1.21 bits per heavy atom. The third-order valence-corrected chi connectivity index (χ3v) is 5.66. The number of hydrogen-bond acceptors (Lipinski definition) is 3. The first kappa shape index (κ1) is 26.9. The highest BCUT2D eigenvalue weighted by Gasteiger charge is 2.30. The number of guanidine groups is 1. The molecule has 0 radical (unpaired) electrons. The fourth-order valence-electron chi connectivity index (χ4n) is 2.23. The number of aliphatic imine (C=N–C) groups is 1. The van der Waals surface area contributed by atoms with E-state index < -0.39 is 21.8 Å². The van der Waals surface area contributed by atoms with Crippen molar-refractivity contribution in [2.45, 2.75) is 33.0 Å². The van der Waals surface area contributed by atoms with Gasteiger partial charge >= 0.3 is 6.18 Å². The van der Waals surface area contributed by atoms with Gasteiger partial charge in [0.25, 0.3) is 0 Å². The summed E-state index contributed by atoms with van der Waals surface area (Å²) in [4.78, 5) is 4.28. The van der Waals surface area contributed by atoms with Crippen LogP contribution in [-0.2, 0) is 22.7 Å². The van der Waals surface area contributed by atoms with Crippen LogP contribution in [0.1, 0.15) is 31.4 Å². The summed E-state index contributed by atoms with van der Waals surface area (Å²) in [5.74, 6) is 0.522. The molecule has 28 heavy (non-hydrogen) atoms. The predicted octanol–water partition coefficient (Wildman–Crippen LogP) is 3.05. The average molecular weight is 536 g/mol. The van der Waals surface area contributed by atoms with Gasteiger partial charge in [-0.2, -0.15) is 13.2 Å². The molecule has 0 unspecified atom stereocenters. The zero-order valence-electron chi connectivity index (χ0n) is 16.2. The van der Waals surface area contributed by atoms with Gasteiger partial charge in [0.2, 0.25) is 10.0 Å². The molecule has 1 rings (SSSR count). The lowest BCUT2D eigenvalue weighted by atomic mass is 10.1. The van der Waals surface area contributed by atoms with Crippen molar-refractivity contribution in [3.63, 3.8) is 0 Å². The maximum Gasteiger partial charge on any atom is 0.416 e. The van der Waals surface area contributed by atoms with E-state index in [9.17, 15) is 21.6 Å². The number of rotatable bonds is 9. The van der Waals surface area contributed by atoms with E-state index in [4.69, 9.17) is 0 Å². The van der Waals surface area contributed by atoms with Crippen molar-refractivity contribution in [1.82, 2.24) is 14.9 Å². The first-order chi connectivity index (χ1) is 12.6. The van der Waals surface area contributed by atoms with Crippen LogP contribution in [0.4, 0.5) is 13.2 Å². The van der Waals surface area contributed by atoms with Gasteiger partial charge in [-0.05, 0) is 38.0 Å². The van der Waals surface area contributed by atoms with Gasteiger partial charge in [0.1, 0.15) is 0 Å². The van der Waals surface area contributed by atoms with Crippen LogP contribution in [-0.4, -0.2) is 51.1 Å². The van der Waals surface area contributed by atoms with Gasteiger partial charge in [0.15, 0.2) is 5.96 Å². The fraction of sp³-hybridized carbons (Fsp3) is 0.588.